The zero-order chi connectivity index (χ0) is 17.9. The molecule has 1 atom stereocenters. The first-order chi connectivity index (χ1) is 11.2. The Morgan fingerprint density at radius 3 is 2.46 bits per heavy atom. The van der Waals surface area contributed by atoms with Crippen LogP contribution in [0, 0.1) is 10.1 Å². The average molecular weight is 334 g/mol. The van der Waals surface area contributed by atoms with Gasteiger partial charge in [-0.15, -0.1) is 10.2 Å². The van der Waals surface area contributed by atoms with E-state index in [1.165, 1.54) is 12.1 Å². The van der Waals surface area contributed by atoms with Gasteiger partial charge in [0.2, 0.25) is 11.8 Å². The van der Waals surface area contributed by atoms with E-state index in [2.05, 4.69) is 10.2 Å². The highest BCUT2D eigenvalue weighted by atomic mass is 16.6. The summed E-state index contributed by atoms with van der Waals surface area (Å²) >= 11 is 0. The first kappa shape index (κ1) is 18.0. The molecule has 0 radical (unpaired) electrons. The van der Waals surface area contributed by atoms with Gasteiger partial charge < -0.3 is 9.52 Å². The molecule has 0 aliphatic heterocycles. The van der Waals surface area contributed by atoms with Crippen molar-refractivity contribution in [3.8, 4) is 11.5 Å². The second-order valence-corrected chi connectivity index (χ2v) is 6.30. The lowest BCUT2D eigenvalue weighted by Gasteiger charge is -2.31. The molecule has 1 unspecified atom stereocenters. The zero-order valence-electron chi connectivity index (χ0n) is 14.3. The number of nitro groups is 1. The van der Waals surface area contributed by atoms with Crippen LogP contribution in [0.1, 0.15) is 39.6 Å². The summed E-state index contributed by atoms with van der Waals surface area (Å²) in [6.45, 7) is 8.62. The number of hydrogen-bond donors (Lipinski definition) is 1. The van der Waals surface area contributed by atoms with Crippen LogP contribution in [0.5, 0.6) is 0 Å². The predicted octanol–water partition coefficient (Wildman–Crippen LogP) is 2.80. The summed E-state index contributed by atoms with van der Waals surface area (Å²) in [6.07, 6.45) is 0. The van der Waals surface area contributed by atoms with Crippen molar-refractivity contribution in [1.82, 2.24) is 15.1 Å². The molecule has 0 saturated carbocycles. The highest BCUT2D eigenvalue weighted by Gasteiger charge is 2.25. The van der Waals surface area contributed by atoms with Crippen LogP contribution in [0.2, 0.25) is 0 Å². The monoisotopic (exact) mass is 334 g/mol. The van der Waals surface area contributed by atoms with Gasteiger partial charge in [0.05, 0.1) is 16.6 Å². The lowest BCUT2D eigenvalue weighted by atomic mass is 10.1. The van der Waals surface area contributed by atoms with Crippen LogP contribution < -0.4 is 0 Å². The number of nitrogens with zero attached hydrogens (tertiary/aromatic N) is 4. The van der Waals surface area contributed by atoms with E-state index in [0.29, 0.717) is 23.9 Å². The van der Waals surface area contributed by atoms with E-state index in [4.69, 9.17) is 4.42 Å². The zero-order valence-corrected chi connectivity index (χ0v) is 14.3. The molecular weight excluding hydrogens is 312 g/mol. The third-order valence-electron chi connectivity index (χ3n) is 3.67. The van der Waals surface area contributed by atoms with Crippen molar-refractivity contribution < 1.29 is 14.4 Å². The van der Waals surface area contributed by atoms with E-state index in [9.17, 15) is 15.2 Å². The maximum atomic E-state index is 10.7. The van der Waals surface area contributed by atoms with Gasteiger partial charge in [0.25, 0.3) is 5.69 Å². The standard InChI is InChI=1S/C16H22N4O4/c1-5-19(10-16(3,4)21)11(2)14-17-18-15(24-14)12-6-8-13(9-7-12)20(22)23/h6-9,11,21H,5,10H2,1-4H3. The normalized spacial score (nSPS) is 13.2. The third-order valence-corrected chi connectivity index (χ3v) is 3.67. The molecule has 0 fully saturated rings. The van der Waals surface area contributed by atoms with Gasteiger partial charge in [-0.25, -0.2) is 0 Å². The van der Waals surface area contributed by atoms with Crippen molar-refractivity contribution in [2.75, 3.05) is 13.1 Å². The van der Waals surface area contributed by atoms with E-state index < -0.39 is 10.5 Å². The first-order valence-corrected chi connectivity index (χ1v) is 7.76. The molecule has 2 aromatic rings. The van der Waals surface area contributed by atoms with Crippen molar-refractivity contribution in [2.45, 2.75) is 39.3 Å². The summed E-state index contributed by atoms with van der Waals surface area (Å²) < 4.78 is 5.71. The third kappa shape index (κ3) is 4.36. The van der Waals surface area contributed by atoms with Gasteiger partial charge in [0.1, 0.15) is 0 Å². The van der Waals surface area contributed by atoms with Crippen LogP contribution in [0.25, 0.3) is 11.5 Å². The molecule has 0 aliphatic rings. The van der Waals surface area contributed by atoms with Crippen molar-refractivity contribution in [2.24, 2.45) is 0 Å². The summed E-state index contributed by atoms with van der Waals surface area (Å²) in [5, 5.41) is 28.8. The SMILES string of the molecule is CCN(CC(C)(C)O)C(C)c1nnc(-c2ccc([N+](=O)[O-])cc2)o1. The topological polar surface area (TPSA) is 106 Å². The molecule has 2 rings (SSSR count). The van der Waals surface area contributed by atoms with Crippen LogP contribution in [0.4, 0.5) is 5.69 Å². The lowest BCUT2D eigenvalue weighted by molar-refractivity contribution is -0.384. The number of aliphatic hydroxyl groups is 1. The van der Waals surface area contributed by atoms with Gasteiger partial charge >= 0.3 is 0 Å². The Morgan fingerprint density at radius 2 is 1.96 bits per heavy atom. The Balaban J connectivity index is 2.18. The van der Waals surface area contributed by atoms with E-state index >= 15 is 0 Å². The van der Waals surface area contributed by atoms with Gasteiger partial charge in [-0.3, -0.25) is 15.0 Å². The number of likely N-dealkylation sites (N-methyl/N-ethyl adjacent to an activating group) is 1. The Morgan fingerprint density at radius 1 is 1.33 bits per heavy atom. The van der Waals surface area contributed by atoms with Gasteiger partial charge in [0, 0.05) is 24.2 Å². The first-order valence-electron chi connectivity index (χ1n) is 7.76. The summed E-state index contributed by atoms with van der Waals surface area (Å²) in [6, 6.07) is 5.80. The lowest BCUT2D eigenvalue weighted by Crippen LogP contribution is -2.40. The number of rotatable bonds is 7. The number of aromatic nitrogens is 2. The molecule has 1 aromatic carbocycles. The van der Waals surface area contributed by atoms with E-state index in [-0.39, 0.29) is 11.7 Å². The maximum absolute atomic E-state index is 10.7. The number of benzene rings is 1. The van der Waals surface area contributed by atoms with Gasteiger partial charge in [0.15, 0.2) is 0 Å². The Labute approximate surface area is 140 Å². The fraction of sp³-hybridized carbons (Fsp3) is 0.500. The van der Waals surface area contributed by atoms with Crippen molar-refractivity contribution in [3.63, 3.8) is 0 Å². The van der Waals surface area contributed by atoms with E-state index in [0.717, 1.165) is 6.54 Å². The van der Waals surface area contributed by atoms with Gasteiger partial charge in [-0.05, 0) is 39.4 Å². The fourth-order valence-corrected chi connectivity index (χ4v) is 2.42. The molecule has 1 N–H and O–H groups in total. The Bertz CT molecular complexity index is 691. The maximum Gasteiger partial charge on any atom is 0.269 e. The minimum Gasteiger partial charge on any atom is -0.419 e. The summed E-state index contributed by atoms with van der Waals surface area (Å²) in [5.41, 5.74) is -0.197. The van der Waals surface area contributed by atoms with Crippen LogP contribution >= 0.6 is 0 Å². The van der Waals surface area contributed by atoms with Crippen LogP contribution in [-0.2, 0) is 0 Å². The van der Waals surface area contributed by atoms with Gasteiger partial charge in [-0.2, -0.15) is 0 Å². The quantitative estimate of drug-likeness (QED) is 0.613. The minimum absolute atomic E-state index is 0.00851. The molecule has 24 heavy (non-hydrogen) atoms. The Kier molecular flexibility index (Phi) is 5.30. The summed E-state index contributed by atoms with van der Waals surface area (Å²) in [5.74, 6) is 0.750. The highest BCUT2D eigenvalue weighted by Crippen LogP contribution is 2.26. The number of nitro benzene ring substituents is 1. The highest BCUT2D eigenvalue weighted by molar-refractivity contribution is 5.55. The van der Waals surface area contributed by atoms with E-state index in [1.807, 2.05) is 18.7 Å². The second-order valence-electron chi connectivity index (χ2n) is 6.30. The smallest absolute Gasteiger partial charge is 0.269 e. The molecule has 8 nitrogen and oxygen atoms in total. The number of non-ortho nitro benzene ring substituents is 1. The second kappa shape index (κ2) is 7.06. The summed E-state index contributed by atoms with van der Waals surface area (Å²) in [4.78, 5) is 12.3. The van der Waals surface area contributed by atoms with E-state index in [1.54, 1.807) is 26.0 Å². The molecule has 0 amide bonds. The predicted molar refractivity (Wildman–Crippen MR) is 88.3 cm³/mol. The average Bonchev–Trinajstić information content (AvgIpc) is 3.01. The molecule has 0 saturated heterocycles. The minimum atomic E-state index is -0.828. The molecule has 0 aliphatic carbocycles. The molecule has 130 valence electrons. The van der Waals surface area contributed by atoms with Crippen molar-refractivity contribution in [1.29, 1.82) is 0 Å². The summed E-state index contributed by atoms with van der Waals surface area (Å²) in [7, 11) is 0. The van der Waals surface area contributed by atoms with Crippen LogP contribution in [0.15, 0.2) is 28.7 Å². The molecule has 0 bridgehead atoms. The molecule has 8 heteroatoms. The largest absolute Gasteiger partial charge is 0.419 e. The van der Waals surface area contributed by atoms with Crippen molar-refractivity contribution in [3.05, 3.63) is 40.3 Å². The fourth-order valence-electron chi connectivity index (χ4n) is 2.42. The van der Waals surface area contributed by atoms with Crippen molar-refractivity contribution >= 4 is 5.69 Å². The molecule has 0 spiro atoms. The van der Waals surface area contributed by atoms with Gasteiger partial charge in [-0.1, -0.05) is 6.92 Å². The van der Waals surface area contributed by atoms with Crippen LogP contribution in [0.3, 0.4) is 0 Å². The molecular formula is C16H22N4O4. The number of hydrogen-bond acceptors (Lipinski definition) is 7. The van der Waals surface area contributed by atoms with Crippen LogP contribution in [-0.4, -0.2) is 43.8 Å². The molecule has 1 aromatic heterocycles. The Hall–Kier alpha value is -2.32. The molecule has 1 heterocycles.